The van der Waals surface area contributed by atoms with Gasteiger partial charge in [0.15, 0.2) is 0 Å². The van der Waals surface area contributed by atoms with Crippen molar-refractivity contribution in [3.05, 3.63) is 0 Å². The fourth-order valence-corrected chi connectivity index (χ4v) is 3.06. The predicted octanol–water partition coefficient (Wildman–Crippen LogP) is 2.91. The highest BCUT2D eigenvalue weighted by Gasteiger charge is 2.36. The van der Waals surface area contributed by atoms with Crippen LogP contribution in [-0.4, -0.2) is 36.5 Å². The molecule has 2 rings (SSSR count). The first kappa shape index (κ1) is 15.8. The second kappa shape index (κ2) is 6.05. The summed E-state index contributed by atoms with van der Waals surface area (Å²) in [5.74, 6) is 2.49. The molecule has 2 unspecified atom stereocenters. The van der Waals surface area contributed by atoms with Gasteiger partial charge >= 0.3 is 0 Å². The number of amides is 1. The normalized spacial score (nSPS) is 28.0. The van der Waals surface area contributed by atoms with Gasteiger partial charge < -0.3 is 10.2 Å². The van der Waals surface area contributed by atoms with E-state index < -0.39 is 0 Å². The number of nitrogens with zero attached hydrogens (tertiary/aromatic N) is 1. The van der Waals surface area contributed by atoms with Crippen LogP contribution in [-0.2, 0) is 4.79 Å². The maximum Gasteiger partial charge on any atom is 0.228 e. The van der Waals surface area contributed by atoms with Crippen molar-refractivity contribution < 1.29 is 4.79 Å². The van der Waals surface area contributed by atoms with Crippen molar-refractivity contribution in [1.29, 1.82) is 0 Å². The molecule has 0 aromatic heterocycles. The van der Waals surface area contributed by atoms with Gasteiger partial charge in [0.25, 0.3) is 0 Å². The van der Waals surface area contributed by atoms with Gasteiger partial charge in [-0.1, -0.05) is 34.6 Å². The molecular formula is C17H32N2O. The van der Waals surface area contributed by atoms with E-state index in [0.29, 0.717) is 23.8 Å². The number of hydrogen-bond acceptors (Lipinski definition) is 2. The van der Waals surface area contributed by atoms with E-state index in [-0.39, 0.29) is 5.41 Å². The molecule has 0 spiro atoms. The third-order valence-corrected chi connectivity index (χ3v) is 4.75. The molecule has 1 saturated heterocycles. The molecule has 2 fully saturated rings. The molecule has 1 aliphatic heterocycles. The summed E-state index contributed by atoms with van der Waals surface area (Å²) < 4.78 is 0. The molecule has 2 aliphatic rings. The average molecular weight is 280 g/mol. The number of piperidine rings is 1. The number of carbonyl (C=O) groups is 1. The molecule has 20 heavy (non-hydrogen) atoms. The highest BCUT2D eigenvalue weighted by molar-refractivity contribution is 5.81. The zero-order chi connectivity index (χ0) is 14.9. The second-order valence-corrected chi connectivity index (χ2v) is 8.25. The molecule has 0 aromatic carbocycles. The SMILES string of the molecule is CC(C)C1CC(NCC2CC2)CN(C(=O)C(C)(C)C)C1. The smallest absolute Gasteiger partial charge is 0.228 e. The number of nitrogens with one attached hydrogen (secondary N) is 1. The average Bonchev–Trinajstić information content (AvgIpc) is 3.18. The van der Waals surface area contributed by atoms with Gasteiger partial charge in [-0.3, -0.25) is 4.79 Å². The van der Waals surface area contributed by atoms with Crippen molar-refractivity contribution >= 4 is 5.91 Å². The summed E-state index contributed by atoms with van der Waals surface area (Å²) in [4.78, 5) is 14.7. The summed E-state index contributed by atoms with van der Waals surface area (Å²) in [6.07, 6.45) is 3.99. The standard InChI is InChI=1S/C17H32N2O/c1-12(2)14-8-15(18-9-13-6-7-13)11-19(10-14)16(20)17(3,4)5/h12-15,18H,6-11H2,1-5H3. The molecule has 1 N–H and O–H groups in total. The van der Waals surface area contributed by atoms with Crippen LogP contribution in [0.2, 0.25) is 0 Å². The van der Waals surface area contributed by atoms with Gasteiger partial charge in [0.05, 0.1) is 0 Å². The van der Waals surface area contributed by atoms with E-state index >= 15 is 0 Å². The first-order valence-electron chi connectivity index (χ1n) is 8.30. The van der Waals surface area contributed by atoms with Crippen LogP contribution in [0.1, 0.15) is 53.9 Å². The summed E-state index contributed by atoms with van der Waals surface area (Å²) in [5, 5.41) is 3.71. The molecule has 1 heterocycles. The fraction of sp³-hybridized carbons (Fsp3) is 0.941. The predicted molar refractivity (Wildman–Crippen MR) is 83.5 cm³/mol. The van der Waals surface area contributed by atoms with Gasteiger partial charge in [0, 0.05) is 24.5 Å². The first-order valence-corrected chi connectivity index (χ1v) is 8.30. The van der Waals surface area contributed by atoms with Crippen molar-refractivity contribution in [2.24, 2.45) is 23.2 Å². The largest absolute Gasteiger partial charge is 0.340 e. The highest BCUT2D eigenvalue weighted by Crippen LogP contribution is 2.30. The number of likely N-dealkylation sites (tertiary alicyclic amines) is 1. The van der Waals surface area contributed by atoms with Gasteiger partial charge in [-0.05, 0) is 43.6 Å². The highest BCUT2D eigenvalue weighted by atomic mass is 16.2. The summed E-state index contributed by atoms with van der Waals surface area (Å²) in [7, 11) is 0. The summed E-state index contributed by atoms with van der Waals surface area (Å²) in [6.45, 7) is 13.6. The maximum atomic E-state index is 12.6. The lowest BCUT2D eigenvalue weighted by molar-refractivity contribution is -0.142. The Hall–Kier alpha value is -0.570. The lowest BCUT2D eigenvalue weighted by Crippen LogP contribution is -2.54. The van der Waals surface area contributed by atoms with Gasteiger partial charge in [-0.25, -0.2) is 0 Å². The Balaban J connectivity index is 1.97. The zero-order valence-corrected chi connectivity index (χ0v) is 13.9. The summed E-state index contributed by atoms with van der Waals surface area (Å²) >= 11 is 0. The topological polar surface area (TPSA) is 32.3 Å². The van der Waals surface area contributed by atoms with Crippen molar-refractivity contribution in [2.45, 2.75) is 59.9 Å². The van der Waals surface area contributed by atoms with Crippen LogP contribution in [0.3, 0.4) is 0 Å². The molecule has 3 nitrogen and oxygen atoms in total. The van der Waals surface area contributed by atoms with E-state index in [2.05, 4.69) is 24.1 Å². The third kappa shape index (κ3) is 4.21. The quantitative estimate of drug-likeness (QED) is 0.859. The zero-order valence-electron chi connectivity index (χ0n) is 13.9. The molecule has 0 bridgehead atoms. The van der Waals surface area contributed by atoms with Crippen LogP contribution in [0.25, 0.3) is 0 Å². The van der Waals surface area contributed by atoms with Gasteiger partial charge in [0.2, 0.25) is 5.91 Å². The molecular weight excluding hydrogens is 248 g/mol. The lowest BCUT2D eigenvalue weighted by Gasteiger charge is -2.42. The Morgan fingerprint density at radius 3 is 2.40 bits per heavy atom. The molecule has 1 saturated carbocycles. The van der Waals surface area contributed by atoms with Crippen molar-refractivity contribution in [2.75, 3.05) is 19.6 Å². The van der Waals surface area contributed by atoms with Crippen LogP contribution in [0, 0.1) is 23.2 Å². The number of hydrogen-bond donors (Lipinski definition) is 1. The Kier molecular flexibility index (Phi) is 4.78. The second-order valence-electron chi connectivity index (χ2n) is 8.25. The Morgan fingerprint density at radius 1 is 1.25 bits per heavy atom. The van der Waals surface area contributed by atoms with E-state index in [1.807, 2.05) is 20.8 Å². The van der Waals surface area contributed by atoms with Crippen LogP contribution in [0.5, 0.6) is 0 Å². The van der Waals surface area contributed by atoms with E-state index in [1.165, 1.54) is 19.3 Å². The van der Waals surface area contributed by atoms with Crippen LogP contribution in [0.15, 0.2) is 0 Å². The van der Waals surface area contributed by atoms with Crippen LogP contribution in [0.4, 0.5) is 0 Å². The van der Waals surface area contributed by atoms with Gasteiger partial charge in [-0.15, -0.1) is 0 Å². The lowest BCUT2D eigenvalue weighted by atomic mass is 9.84. The molecule has 0 radical (unpaired) electrons. The van der Waals surface area contributed by atoms with E-state index in [9.17, 15) is 4.79 Å². The third-order valence-electron chi connectivity index (χ3n) is 4.75. The minimum absolute atomic E-state index is 0.264. The molecule has 116 valence electrons. The van der Waals surface area contributed by atoms with E-state index in [1.54, 1.807) is 0 Å². The molecule has 3 heteroatoms. The number of carbonyl (C=O) groups excluding carboxylic acids is 1. The number of rotatable bonds is 4. The Labute approximate surface area is 124 Å². The molecule has 2 atom stereocenters. The van der Waals surface area contributed by atoms with E-state index in [4.69, 9.17) is 0 Å². The Bertz CT molecular complexity index is 341. The molecule has 0 aromatic rings. The molecule has 1 aliphatic carbocycles. The fourth-order valence-electron chi connectivity index (χ4n) is 3.06. The van der Waals surface area contributed by atoms with Crippen molar-refractivity contribution in [3.63, 3.8) is 0 Å². The van der Waals surface area contributed by atoms with E-state index in [0.717, 1.165) is 25.6 Å². The summed E-state index contributed by atoms with van der Waals surface area (Å²) in [5.41, 5.74) is -0.264. The monoisotopic (exact) mass is 280 g/mol. The van der Waals surface area contributed by atoms with Crippen LogP contribution < -0.4 is 5.32 Å². The molecule has 1 amide bonds. The maximum absolute atomic E-state index is 12.6. The minimum atomic E-state index is -0.264. The van der Waals surface area contributed by atoms with Gasteiger partial charge in [-0.2, -0.15) is 0 Å². The summed E-state index contributed by atoms with van der Waals surface area (Å²) in [6, 6.07) is 0.489. The first-order chi connectivity index (χ1) is 9.27. The van der Waals surface area contributed by atoms with Crippen molar-refractivity contribution in [3.8, 4) is 0 Å². The minimum Gasteiger partial charge on any atom is -0.340 e. The van der Waals surface area contributed by atoms with Gasteiger partial charge in [0.1, 0.15) is 0 Å². The van der Waals surface area contributed by atoms with Crippen molar-refractivity contribution in [1.82, 2.24) is 10.2 Å². The van der Waals surface area contributed by atoms with Crippen LogP contribution >= 0.6 is 0 Å². The Morgan fingerprint density at radius 2 is 1.90 bits per heavy atom.